The fraction of sp³-hybridized carbons (Fsp3) is 0.200. The molecule has 0 aliphatic rings. The fourth-order valence-electron chi connectivity index (χ4n) is 1.82. The van der Waals surface area contributed by atoms with Gasteiger partial charge in [-0.1, -0.05) is 35.3 Å². The minimum Gasteiger partial charge on any atom is -0.508 e. The maximum Gasteiger partial charge on any atom is 0.416 e. The highest BCUT2D eigenvalue weighted by molar-refractivity contribution is 6.37. The smallest absolute Gasteiger partial charge is 0.416 e. The van der Waals surface area contributed by atoms with Crippen LogP contribution in [-0.4, -0.2) is 11.7 Å². The van der Waals surface area contributed by atoms with Gasteiger partial charge in [-0.2, -0.15) is 13.2 Å². The Morgan fingerprint density at radius 1 is 1.00 bits per heavy atom. The minimum atomic E-state index is -4.35. The summed E-state index contributed by atoms with van der Waals surface area (Å²) in [5.41, 5.74) is 0.000755. The summed E-state index contributed by atoms with van der Waals surface area (Å²) in [5, 5.41) is 9.63. The molecule has 0 amide bonds. The molecule has 7 heteroatoms. The molecule has 0 saturated carbocycles. The molecule has 0 unspecified atom stereocenters. The lowest BCUT2D eigenvalue weighted by Crippen LogP contribution is -2.06. The van der Waals surface area contributed by atoms with Gasteiger partial charge in [0.05, 0.1) is 22.2 Å². The van der Waals surface area contributed by atoms with E-state index in [0.29, 0.717) is 12.0 Å². The standard InChI is InChI=1S/C15H11Cl2F3O2/c16-12-7-11(21)8-13(17)14(12)22-6-5-9-1-3-10(4-2-9)15(18,19)20/h1-4,7-8,21H,5-6H2. The highest BCUT2D eigenvalue weighted by Gasteiger charge is 2.29. The van der Waals surface area contributed by atoms with Crippen molar-refractivity contribution >= 4 is 23.2 Å². The molecule has 0 saturated heterocycles. The summed E-state index contributed by atoms with van der Waals surface area (Å²) in [5.74, 6) is 0.151. The third-order valence-corrected chi connectivity index (χ3v) is 3.46. The third kappa shape index (κ3) is 4.21. The van der Waals surface area contributed by atoms with Gasteiger partial charge in [-0.15, -0.1) is 0 Å². The molecule has 0 radical (unpaired) electrons. The molecule has 0 spiro atoms. The topological polar surface area (TPSA) is 29.5 Å². The first kappa shape index (κ1) is 16.8. The molecule has 2 aromatic carbocycles. The molecule has 0 aliphatic heterocycles. The maximum atomic E-state index is 12.4. The molecule has 0 heterocycles. The van der Waals surface area contributed by atoms with Crippen molar-refractivity contribution in [3.8, 4) is 11.5 Å². The quantitative estimate of drug-likeness (QED) is 0.806. The summed E-state index contributed by atoms with van der Waals surface area (Å²) < 4.78 is 42.7. The van der Waals surface area contributed by atoms with Crippen LogP contribution in [0.3, 0.4) is 0 Å². The van der Waals surface area contributed by atoms with Gasteiger partial charge in [0.25, 0.3) is 0 Å². The van der Waals surface area contributed by atoms with Gasteiger partial charge in [0.1, 0.15) is 5.75 Å². The summed E-state index contributed by atoms with van der Waals surface area (Å²) in [6.07, 6.45) is -3.95. The second kappa shape index (κ2) is 6.67. The van der Waals surface area contributed by atoms with Crippen LogP contribution >= 0.6 is 23.2 Å². The number of phenolic OH excluding ortho intramolecular Hbond substituents is 1. The van der Waals surface area contributed by atoms with E-state index in [1.54, 1.807) is 0 Å². The van der Waals surface area contributed by atoms with Crippen molar-refractivity contribution < 1.29 is 23.0 Å². The Labute approximate surface area is 135 Å². The van der Waals surface area contributed by atoms with Crippen molar-refractivity contribution in [1.82, 2.24) is 0 Å². The van der Waals surface area contributed by atoms with Crippen LogP contribution in [0.4, 0.5) is 13.2 Å². The van der Waals surface area contributed by atoms with E-state index in [1.165, 1.54) is 24.3 Å². The molecular formula is C15H11Cl2F3O2. The van der Waals surface area contributed by atoms with Crippen LogP contribution in [0.1, 0.15) is 11.1 Å². The average Bonchev–Trinajstić information content (AvgIpc) is 2.41. The summed E-state index contributed by atoms with van der Waals surface area (Å²) in [6, 6.07) is 7.42. The summed E-state index contributed by atoms with van der Waals surface area (Å²) >= 11 is 11.8. The second-order valence-corrected chi connectivity index (χ2v) is 5.35. The first-order chi connectivity index (χ1) is 10.3. The Hall–Kier alpha value is -1.59. The van der Waals surface area contributed by atoms with Gasteiger partial charge in [0.15, 0.2) is 5.75 Å². The lowest BCUT2D eigenvalue weighted by Gasteiger charge is -2.11. The molecule has 2 rings (SSSR count). The minimum absolute atomic E-state index is 0.0786. The van der Waals surface area contributed by atoms with Gasteiger partial charge in [-0.25, -0.2) is 0 Å². The predicted molar refractivity (Wildman–Crippen MR) is 78.8 cm³/mol. The molecule has 0 fully saturated rings. The van der Waals surface area contributed by atoms with Crippen molar-refractivity contribution in [2.75, 3.05) is 6.61 Å². The Bertz CT molecular complexity index is 632. The van der Waals surface area contributed by atoms with Crippen molar-refractivity contribution in [2.24, 2.45) is 0 Å². The van der Waals surface area contributed by atoms with Crippen LogP contribution in [0.2, 0.25) is 10.0 Å². The van der Waals surface area contributed by atoms with Crippen LogP contribution in [0.25, 0.3) is 0 Å². The van der Waals surface area contributed by atoms with Gasteiger partial charge in [-0.05, 0) is 17.7 Å². The number of alkyl halides is 3. The predicted octanol–water partition coefficient (Wildman–Crippen LogP) is 5.34. The van der Waals surface area contributed by atoms with Gasteiger partial charge in [0, 0.05) is 18.6 Å². The number of hydrogen-bond acceptors (Lipinski definition) is 2. The molecule has 0 bridgehead atoms. The van der Waals surface area contributed by atoms with Crippen molar-refractivity contribution in [3.63, 3.8) is 0 Å². The SMILES string of the molecule is Oc1cc(Cl)c(OCCc2ccc(C(F)(F)F)cc2)c(Cl)c1. The molecule has 0 aliphatic carbocycles. The Morgan fingerprint density at radius 3 is 2.05 bits per heavy atom. The van der Waals surface area contributed by atoms with Crippen molar-refractivity contribution in [3.05, 3.63) is 57.6 Å². The Morgan fingerprint density at radius 2 is 1.55 bits per heavy atom. The first-order valence-electron chi connectivity index (χ1n) is 6.24. The number of halogens is 5. The van der Waals surface area contributed by atoms with Gasteiger partial charge < -0.3 is 9.84 Å². The first-order valence-corrected chi connectivity index (χ1v) is 7.00. The molecule has 118 valence electrons. The van der Waals surface area contributed by atoms with Crippen LogP contribution in [0.15, 0.2) is 36.4 Å². The average molecular weight is 351 g/mol. The number of benzene rings is 2. The van der Waals surface area contributed by atoms with Crippen molar-refractivity contribution in [1.29, 1.82) is 0 Å². The zero-order valence-corrected chi connectivity index (χ0v) is 12.6. The molecule has 2 nitrogen and oxygen atoms in total. The maximum absolute atomic E-state index is 12.4. The van der Waals surface area contributed by atoms with Crippen LogP contribution in [0.5, 0.6) is 11.5 Å². The number of rotatable bonds is 4. The van der Waals surface area contributed by atoms with Gasteiger partial charge >= 0.3 is 6.18 Å². The molecule has 0 aromatic heterocycles. The second-order valence-electron chi connectivity index (χ2n) is 4.53. The molecular weight excluding hydrogens is 340 g/mol. The van der Waals surface area contributed by atoms with Crippen molar-refractivity contribution in [2.45, 2.75) is 12.6 Å². The summed E-state index contributed by atoms with van der Waals surface area (Å²) in [4.78, 5) is 0. The summed E-state index contributed by atoms with van der Waals surface area (Å²) in [7, 11) is 0. The van der Waals surface area contributed by atoms with Crippen LogP contribution in [-0.2, 0) is 12.6 Å². The monoisotopic (exact) mass is 350 g/mol. The number of ether oxygens (including phenoxy) is 1. The molecule has 22 heavy (non-hydrogen) atoms. The van der Waals surface area contributed by atoms with Crippen LogP contribution in [0, 0.1) is 0 Å². The zero-order chi connectivity index (χ0) is 16.3. The largest absolute Gasteiger partial charge is 0.508 e. The lowest BCUT2D eigenvalue weighted by atomic mass is 10.1. The van der Waals surface area contributed by atoms with E-state index in [9.17, 15) is 18.3 Å². The van der Waals surface area contributed by atoms with Gasteiger partial charge in [-0.3, -0.25) is 0 Å². The molecule has 0 atom stereocenters. The molecule has 2 aromatic rings. The highest BCUT2D eigenvalue weighted by Crippen LogP contribution is 2.36. The highest BCUT2D eigenvalue weighted by atomic mass is 35.5. The number of aromatic hydroxyl groups is 1. The Kier molecular flexibility index (Phi) is 5.08. The van der Waals surface area contributed by atoms with E-state index < -0.39 is 11.7 Å². The molecule has 1 N–H and O–H groups in total. The lowest BCUT2D eigenvalue weighted by molar-refractivity contribution is -0.137. The van der Waals surface area contributed by atoms with E-state index >= 15 is 0 Å². The fourth-order valence-corrected chi connectivity index (χ4v) is 2.40. The summed E-state index contributed by atoms with van der Waals surface area (Å²) in [6.45, 7) is 0.190. The van der Waals surface area contributed by atoms with E-state index in [2.05, 4.69) is 0 Å². The van der Waals surface area contributed by atoms with Gasteiger partial charge in [0.2, 0.25) is 0 Å². The zero-order valence-electron chi connectivity index (χ0n) is 11.1. The van der Waals surface area contributed by atoms with E-state index in [1.807, 2.05) is 0 Å². The number of phenols is 1. The van der Waals surface area contributed by atoms with Crippen LogP contribution < -0.4 is 4.74 Å². The normalized spacial score (nSPS) is 11.5. The van der Waals surface area contributed by atoms with E-state index in [-0.39, 0.29) is 28.2 Å². The third-order valence-electron chi connectivity index (χ3n) is 2.90. The Balaban J connectivity index is 1.97. The van der Waals surface area contributed by atoms with E-state index in [0.717, 1.165) is 12.1 Å². The van der Waals surface area contributed by atoms with E-state index in [4.69, 9.17) is 27.9 Å². The number of hydrogen-bond donors (Lipinski definition) is 1.